The van der Waals surface area contributed by atoms with E-state index >= 15 is 0 Å². The third-order valence-electron chi connectivity index (χ3n) is 11.2. The number of nitrogens with zero attached hydrogens (tertiary/aromatic N) is 7. The van der Waals surface area contributed by atoms with Gasteiger partial charge in [-0.2, -0.15) is 5.10 Å². The van der Waals surface area contributed by atoms with E-state index in [1.165, 1.54) is 6.42 Å². The first-order valence-corrected chi connectivity index (χ1v) is 20.1. The van der Waals surface area contributed by atoms with Crippen LogP contribution < -0.4 is 20.3 Å². The summed E-state index contributed by atoms with van der Waals surface area (Å²) in [7, 11) is 0. The Kier molecular flexibility index (Phi) is 12.1. The molecule has 5 heterocycles. The molecule has 0 radical (unpaired) electrons. The Labute approximate surface area is 333 Å². The molecule has 0 spiro atoms. The first-order valence-electron chi connectivity index (χ1n) is 20.1. The van der Waals surface area contributed by atoms with E-state index in [9.17, 15) is 9.18 Å². The number of carboxylic acid groups (broad SMARTS) is 1. The number of fused-ring (bicyclic) bond motifs is 2. The molecule has 0 bridgehead atoms. The average Bonchev–Trinajstić information content (AvgIpc) is 3.82. The van der Waals surface area contributed by atoms with Gasteiger partial charge < -0.3 is 20.1 Å². The van der Waals surface area contributed by atoms with E-state index in [2.05, 4.69) is 82.6 Å². The summed E-state index contributed by atoms with van der Waals surface area (Å²) in [6.45, 7) is 11.6. The molecule has 0 saturated carbocycles. The molecule has 3 aliphatic rings. The summed E-state index contributed by atoms with van der Waals surface area (Å²) < 4.78 is 24.3. The summed E-state index contributed by atoms with van der Waals surface area (Å²) in [5, 5.41) is 27.2. The van der Waals surface area contributed by atoms with Crippen LogP contribution >= 0.6 is 0 Å². The van der Waals surface area contributed by atoms with Crippen molar-refractivity contribution in [1.29, 1.82) is 0 Å². The summed E-state index contributed by atoms with van der Waals surface area (Å²) in [6, 6.07) is 22.3. The number of halogens is 1. The van der Waals surface area contributed by atoms with Gasteiger partial charge in [0, 0.05) is 43.7 Å². The quantitative estimate of drug-likeness (QED) is 0.134. The van der Waals surface area contributed by atoms with Crippen molar-refractivity contribution in [3.8, 4) is 11.4 Å². The minimum Gasteiger partial charge on any atom is -0.484 e. The minimum absolute atomic E-state index is 0.167. The van der Waals surface area contributed by atoms with Crippen molar-refractivity contribution in [2.75, 3.05) is 29.9 Å². The molecule has 8 rings (SSSR count). The number of aromatic nitrogens is 5. The number of urea groups is 1. The molecular formula is C43H54FN9O4. The summed E-state index contributed by atoms with van der Waals surface area (Å²) >= 11 is 0. The Bertz CT molecular complexity index is 2160. The minimum atomic E-state index is -0.701. The Balaban J connectivity index is 0.00000160. The topological polar surface area (TPSA) is 142 Å². The summed E-state index contributed by atoms with van der Waals surface area (Å²) in [5.41, 5.74) is 5.55. The normalized spacial score (nSPS) is 20.3. The lowest BCUT2D eigenvalue weighted by atomic mass is 9.85. The van der Waals surface area contributed by atoms with Crippen LogP contribution in [0.4, 0.5) is 21.0 Å². The Morgan fingerprint density at radius 3 is 2.47 bits per heavy atom. The lowest BCUT2D eigenvalue weighted by Crippen LogP contribution is -2.38. The molecule has 14 heteroatoms. The molecule has 3 atom stereocenters. The Morgan fingerprint density at radius 1 is 0.947 bits per heavy atom. The van der Waals surface area contributed by atoms with Gasteiger partial charge in [0.1, 0.15) is 23.8 Å². The van der Waals surface area contributed by atoms with E-state index in [1.54, 1.807) is 0 Å². The van der Waals surface area contributed by atoms with Crippen LogP contribution in [0.15, 0.2) is 72.9 Å². The number of piperidine rings is 2. The van der Waals surface area contributed by atoms with E-state index < -0.39 is 6.17 Å². The molecule has 5 aromatic rings. The van der Waals surface area contributed by atoms with Crippen LogP contribution in [0.3, 0.4) is 0 Å². The third kappa shape index (κ3) is 9.22. The highest BCUT2D eigenvalue weighted by atomic mass is 19.1. The largest absolute Gasteiger partial charge is 0.484 e. The van der Waals surface area contributed by atoms with Crippen molar-refractivity contribution in [1.82, 2.24) is 34.6 Å². The maximum atomic E-state index is 13.8. The van der Waals surface area contributed by atoms with Gasteiger partial charge in [0.05, 0.1) is 23.6 Å². The van der Waals surface area contributed by atoms with Gasteiger partial charge in [-0.1, -0.05) is 57.2 Å². The molecule has 3 N–H and O–H groups in total. The first kappa shape index (κ1) is 39.7. The first-order chi connectivity index (χ1) is 27.5. The molecule has 0 unspecified atom stereocenters. The van der Waals surface area contributed by atoms with E-state index in [0.29, 0.717) is 31.1 Å². The van der Waals surface area contributed by atoms with Crippen molar-refractivity contribution >= 4 is 29.9 Å². The van der Waals surface area contributed by atoms with Gasteiger partial charge >= 0.3 is 6.03 Å². The maximum absolute atomic E-state index is 13.8. The second kappa shape index (κ2) is 17.3. The van der Waals surface area contributed by atoms with Gasteiger partial charge in [0.15, 0.2) is 5.65 Å². The fourth-order valence-electron chi connectivity index (χ4n) is 8.16. The van der Waals surface area contributed by atoms with E-state index in [-0.39, 0.29) is 30.1 Å². The van der Waals surface area contributed by atoms with Crippen LogP contribution in [0.2, 0.25) is 0 Å². The van der Waals surface area contributed by atoms with Gasteiger partial charge in [0.2, 0.25) is 5.95 Å². The fourth-order valence-corrected chi connectivity index (χ4v) is 8.16. The standard InChI is InChI=1S/C42H52FN9O2.CH2O2/c1-28-10-7-8-21-50(28)41-47-46-38-18-15-32(27-51(38)41)54-36-17-16-35(33-13-5-6-14-34(33)36)44-40(53)45-39-25-37(42(2,3)4)48-52(39)31-12-9-11-29(24-31)26-49-22-19-30(43)20-23-49;2-1-3/h5-6,9,11-15,18,24-25,27-28,30,35-36H,7-8,10,16-17,19-23,26H2,1-4H3,(H2,44,45,53);1H,(H,2,3)/t28-,35-,36+;/m0./s1. The summed E-state index contributed by atoms with van der Waals surface area (Å²) in [5.74, 6) is 2.22. The molecule has 2 aromatic carbocycles. The van der Waals surface area contributed by atoms with E-state index in [0.717, 1.165) is 90.9 Å². The highest BCUT2D eigenvalue weighted by Crippen LogP contribution is 2.39. The molecule has 2 amide bonds. The van der Waals surface area contributed by atoms with E-state index in [4.69, 9.17) is 19.7 Å². The Hall–Kier alpha value is -5.50. The highest BCUT2D eigenvalue weighted by Gasteiger charge is 2.31. The summed E-state index contributed by atoms with van der Waals surface area (Å²) in [6.07, 6.45) is 7.29. The van der Waals surface area contributed by atoms with E-state index in [1.807, 2.05) is 57.7 Å². The van der Waals surface area contributed by atoms with Crippen molar-refractivity contribution in [3.05, 3.63) is 95.3 Å². The number of hydrogen-bond donors (Lipinski definition) is 3. The number of likely N-dealkylation sites (tertiary alicyclic amines) is 1. The van der Waals surface area contributed by atoms with Crippen molar-refractivity contribution < 1.29 is 23.8 Å². The molecule has 2 saturated heterocycles. The number of benzene rings is 2. The number of carbonyl (C=O) groups excluding carboxylic acids is 1. The van der Waals surface area contributed by atoms with Crippen molar-refractivity contribution in [2.24, 2.45) is 0 Å². The number of pyridine rings is 1. The van der Waals surface area contributed by atoms with Crippen LogP contribution in [-0.2, 0) is 16.8 Å². The number of amides is 2. The number of ether oxygens (including phenoxy) is 1. The lowest BCUT2D eigenvalue weighted by Gasteiger charge is -2.33. The smallest absolute Gasteiger partial charge is 0.320 e. The molecule has 302 valence electrons. The molecular weight excluding hydrogens is 726 g/mol. The molecule has 57 heavy (non-hydrogen) atoms. The number of hydrogen-bond acceptors (Lipinski definition) is 8. The number of alkyl halides is 1. The zero-order chi connectivity index (χ0) is 40.1. The van der Waals surface area contributed by atoms with Crippen molar-refractivity contribution in [2.45, 2.75) is 109 Å². The lowest BCUT2D eigenvalue weighted by molar-refractivity contribution is -0.122. The predicted molar refractivity (Wildman–Crippen MR) is 218 cm³/mol. The van der Waals surface area contributed by atoms with Crippen LogP contribution in [0.25, 0.3) is 11.3 Å². The monoisotopic (exact) mass is 779 g/mol. The SMILES string of the molecule is C[C@H]1CCCCN1c1nnc2ccc(O[C@@H]3CC[C@H](NC(=O)Nc4cc(C(C)(C)C)nn4-c4cccc(CN5CCC(F)CC5)c4)c4ccccc43)cn12.O=CO. The number of rotatable bonds is 8. The predicted octanol–water partition coefficient (Wildman–Crippen LogP) is 8.00. The second-order valence-electron chi connectivity index (χ2n) is 16.4. The molecule has 3 aromatic heterocycles. The van der Waals surface area contributed by atoms with Gasteiger partial charge in [0.25, 0.3) is 6.47 Å². The van der Waals surface area contributed by atoms with Crippen LogP contribution in [-0.4, -0.2) is 78.7 Å². The van der Waals surface area contributed by atoms with Gasteiger partial charge in [-0.25, -0.2) is 13.9 Å². The zero-order valence-electron chi connectivity index (χ0n) is 33.3. The average molecular weight is 780 g/mol. The molecule has 13 nitrogen and oxygen atoms in total. The van der Waals surface area contributed by atoms with Gasteiger partial charge in [-0.15, -0.1) is 10.2 Å². The molecule has 2 aliphatic heterocycles. The summed E-state index contributed by atoms with van der Waals surface area (Å²) in [4.78, 5) is 26.8. The van der Waals surface area contributed by atoms with Crippen LogP contribution in [0.1, 0.15) is 107 Å². The number of nitrogens with one attached hydrogen (secondary N) is 2. The fraction of sp³-hybridized carbons (Fsp3) is 0.465. The van der Waals surface area contributed by atoms with Crippen LogP contribution in [0.5, 0.6) is 5.75 Å². The highest BCUT2D eigenvalue weighted by molar-refractivity contribution is 5.89. The Morgan fingerprint density at radius 2 is 1.72 bits per heavy atom. The number of carbonyl (C=O) groups is 2. The molecule has 1 aliphatic carbocycles. The second-order valence-corrected chi connectivity index (χ2v) is 16.4. The zero-order valence-corrected chi connectivity index (χ0v) is 33.3. The van der Waals surface area contributed by atoms with Crippen LogP contribution in [0, 0.1) is 0 Å². The number of anilines is 2. The van der Waals surface area contributed by atoms with Gasteiger partial charge in [-0.05, 0) is 92.8 Å². The molecule has 2 fully saturated rings. The maximum Gasteiger partial charge on any atom is 0.320 e. The third-order valence-corrected chi connectivity index (χ3v) is 11.2. The van der Waals surface area contributed by atoms with Crippen molar-refractivity contribution in [3.63, 3.8) is 0 Å². The van der Waals surface area contributed by atoms with Gasteiger partial charge in [-0.3, -0.25) is 19.4 Å².